The van der Waals surface area contributed by atoms with E-state index in [9.17, 15) is 9.59 Å². The number of pyridine rings is 1. The Morgan fingerprint density at radius 3 is 1.91 bits per heavy atom. The van der Waals surface area contributed by atoms with E-state index in [1.54, 1.807) is 0 Å². The van der Waals surface area contributed by atoms with Crippen LogP contribution in [0.3, 0.4) is 0 Å². The molecule has 0 saturated heterocycles. The van der Waals surface area contributed by atoms with Crippen LogP contribution in [-0.4, -0.2) is 42.3 Å². The summed E-state index contributed by atoms with van der Waals surface area (Å²) in [7, 11) is 0. The average molecular weight is 626 g/mol. The van der Waals surface area contributed by atoms with Crippen LogP contribution in [0.2, 0.25) is 0 Å². The van der Waals surface area contributed by atoms with Crippen molar-refractivity contribution < 1.29 is 28.5 Å². The Bertz CT molecular complexity index is 1510. The maximum atomic E-state index is 12.3. The predicted octanol–water partition coefficient (Wildman–Crippen LogP) is 7.10. The first-order valence-electron chi connectivity index (χ1n) is 15.6. The molecular weight excluding hydrogens is 582 g/mol. The van der Waals surface area contributed by atoms with Crippen LogP contribution in [0.5, 0.6) is 17.5 Å². The lowest BCUT2D eigenvalue weighted by Gasteiger charge is -2.19. The molecule has 1 heterocycles. The van der Waals surface area contributed by atoms with Crippen molar-refractivity contribution in [3.8, 4) is 28.6 Å². The molecule has 1 aromatic heterocycles. The van der Waals surface area contributed by atoms with Gasteiger partial charge in [0.25, 0.3) is 5.91 Å². The number of carbonyl (C=O) groups is 2. The molecule has 0 spiro atoms. The Kier molecular flexibility index (Phi) is 12.8. The van der Waals surface area contributed by atoms with E-state index in [1.165, 1.54) is 0 Å². The fourth-order valence-electron chi connectivity index (χ4n) is 4.38. The normalized spacial score (nSPS) is 10.9. The van der Waals surface area contributed by atoms with Crippen molar-refractivity contribution in [2.45, 2.75) is 58.8 Å². The quantitative estimate of drug-likeness (QED) is 0.128. The van der Waals surface area contributed by atoms with Crippen molar-refractivity contribution in [1.29, 1.82) is 0 Å². The van der Waals surface area contributed by atoms with Gasteiger partial charge in [-0.25, -0.2) is 4.79 Å². The lowest BCUT2D eigenvalue weighted by molar-refractivity contribution is -0.123. The minimum Gasteiger partial charge on any atom is -0.484 e. The number of unbranched alkanes of at least 4 members (excludes halogenated alkanes) is 2. The molecule has 3 aromatic carbocycles. The molecule has 0 atom stereocenters. The number of hydrogen-bond donors (Lipinski definition) is 2. The lowest BCUT2D eigenvalue weighted by atomic mass is 10.1. The highest BCUT2D eigenvalue weighted by atomic mass is 16.6. The molecule has 0 aliphatic rings. The number of carbonyl (C=O) groups excluding carboxylic acids is 2. The third-order valence-corrected chi connectivity index (χ3v) is 6.66. The van der Waals surface area contributed by atoms with Crippen LogP contribution in [-0.2, 0) is 22.7 Å². The number of amides is 2. The summed E-state index contributed by atoms with van der Waals surface area (Å²) in [4.78, 5) is 28.6. The molecule has 0 aliphatic heterocycles. The Labute approximate surface area is 271 Å². The molecule has 0 bridgehead atoms. The van der Waals surface area contributed by atoms with E-state index in [0.29, 0.717) is 43.8 Å². The average Bonchev–Trinajstić information content (AvgIpc) is 3.05. The van der Waals surface area contributed by atoms with E-state index in [-0.39, 0.29) is 12.5 Å². The van der Waals surface area contributed by atoms with Crippen molar-refractivity contribution in [1.82, 2.24) is 15.6 Å². The number of ether oxygens (including phenoxy) is 4. The molecule has 9 nitrogen and oxygen atoms in total. The monoisotopic (exact) mass is 625 g/mol. The van der Waals surface area contributed by atoms with Crippen molar-refractivity contribution in [2.75, 3.05) is 19.7 Å². The van der Waals surface area contributed by atoms with Gasteiger partial charge in [-0.05, 0) is 74.9 Å². The van der Waals surface area contributed by atoms with Gasteiger partial charge in [-0.1, -0.05) is 72.8 Å². The van der Waals surface area contributed by atoms with Gasteiger partial charge in [0, 0.05) is 24.7 Å². The van der Waals surface area contributed by atoms with Gasteiger partial charge in [0.1, 0.15) is 24.6 Å². The smallest absolute Gasteiger partial charge is 0.407 e. The van der Waals surface area contributed by atoms with E-state index >= 15 is 0 Å². The molecule has 2 N–H and O–H groups in total. The van der Waals surface area contributed by atoms with Crippen LogP contribution in [0.4, 0.5) is 4.79 Å². The van der Waals surface area contributed by atoms with Gasteiger partial charge in [-0.15, -0.1) is 0 Å². The molecular formula is C37H43N3O6. The van der Waals surface area contributed by atoms with Gasteiger partial charge in [0.15, 0.2) is 6.61 Å². The predicted molar refractivity (Wildman–Crippen MR) is 178 cm³/mol. The molecule has 2 amide bonds. The summed E-state index contributed by atoms with van der Waals surface area (Å²) in [6.45, 7) is 7.24. The fourth-order valence-corrected chi connectivity index (χ4v) is 4.38. The second-order valence-electron chi connectivity index (χ2n) is 11.7. The summed E-state index contributed by atoms with van der Waals surface area (Å²) in [5.74, 6) is 1.32. The maximum Gasteiger partial charge on any atom is 0.407 e. The Balaban J connectivity index is 1.25. The lowest BCUT2D eigenvalue weighted by Crippen LogP contribution is -2.33. The van der Waals surface area contributed by atoms with Gasteiger partial charge in [-0.3, -0.25) is 4.79 Å². The molecule has 9 heteroatoms. The summed E-state index contributed by atoms with van der Waals surface area (Å²) in [6.07, 6.45) is 2.05. The van der Waals surface area contributed by atoms with Crippen LogP contribution in [0, 0.1) is 0 Å². The van der Waals surface area contributed by atoms with Gasteiger partial charge >= 0.3 is 6.09 Å². The molecule has 46 heavy (non-hydrogen) atoms. The highest BCUT2D eigenvalue weighted by molar-refractivity contribution is 5.77. The van der Waals surface area contributed by atoms with Gasteiger partial charge < -0.3 is 29.6 Å². The minimum atomic E-state index is -0.512. The Morgan fingerprint density at radius 1 is 0.674 bits per heavy atom. The van der Waals surface area contributed by atoms with Gasteiger partial charge in [0.05, 0.1) is 0 Å². The van der Waals surface area contributed by atoms with Crippen LogP contribution >= 0.6 is 0 Å². The molecule has 0 unspecified atom stereocenters. The molecule has 242 valence electrons. The van der Waals surface area contributed by atoms with Crippen LogP contribution in [0.1, 0.15) is 51.2 Å². The summed E-state index contributed by atoms with van der Waals surface area (Å²) < 4.78 is 23.1. The Hall–Kier alpha value is -5.05. The van der Waals surface area contributed by atoms with Crippen molar-refractivity contribution in [2.24, 2.45) is 0 Å². The zero-order chi connectivity index (χ0) is 32.6. The van der Waals surface area contributed by atoms with E-state index < -0.39 is 11.7 Å². The summed E-state index contributed by atoms with van der Waals surface area (Å²) >= 11 is 0. The first-order chi connectivity index (χ1) is 22.2. The SMILES string of the molecule is CC(C)(C)OC(=O)NCCCCCNC(=O)COc1ccc(-c2ccc(OCc3ccccc3)nc2OCc2ccccc2)cc1. The fraction of sp³-hybridized carbons (Fsp3) is 0.324. The van der Waals surface area contributed by atoms with E-state index in [0.717, 1.165) is 41.5 Å². The summed E-state index contributed by atoms with van der Waals surface area (Å²) in [5, 5.41) is 5.61. The van der Waals surface area contributed by atoms with Crippen molar-refractivity contribution in [3.05, 3.63) is 108 Å². The Morgan fingerprint density at radius 2 is 1.28 bits per heavy atom. The molecule has 0 aliphatic carbocycles. The third-order valence-electron chi connectivity index (χ3n) is 6.66. The third kappa shape index (κ3) is 12.1. The van der Waals surface area contributed by atoms with Crippen LogP contribution in [0.15, 0.2) is 97.1 Å². The van der Waals surface area contributed by atoms with E-state index in [1.807, 2.05) is 118 Å². The number of benzene rings is 3. The summed E-state index contributed by atoms with van der Waals surface area (Å²) in [6, 6.07) is 31.1. The second kappa shape index (κ2) is 17.4. The number of nitrogens with zero attached hydrogens (tertiary/aromatic N) is 1. The first-order valence-corrected chi connectivity index (χ1v) is 15.6. The van der Waals surface area contributed by atoms with Crippen LogP contribution in [0.25, 0.3) is 11.1 Å². The standard InChI is InChI=1S/C37H43N3O6/c1-37(2,3)46-36(42)39-24-12-6-11-23-38-33(41)27-43-31-19-17-30(18-20-31)32-21-22-34(44-25-28-13-7-4-8-14-28)40-35(32)45-26-29-15-9-5-10-16-29/h4-5,7-10,13-22H,6,11-12,23-27H2,1-3H3,(H,38,41)(H,39,42). The van der Waals surface area contributed by atoms with Crippen LogP contribution < -0.4 is 24.8 Å². The number of hydrogen-bond acceptors (Lipinski definition) is 7. The zero-order valence-electron chi connectivity index (χ0n) is 26.8. The highest BCUT2D eigenvalue weighted by Crippen LogP contribution is 2.32. The highest BCUT2D eigenvalue weighted by Gasteiger charge is 2.15. The molecule has 0 fully saturated rings. The van der Waals surface area contributed by atoms with Crippen molar-refractivity contribution in [3.63, 3.8) is 0 Å². The zero-order valence-corrected chi connectivity index (χ0v) is 26.8. The number of nitrogens with one attached hydrogen (secondary N) is 2. The number of alkyl carbamates (subject to hydrolysis) is 1. The number of rotatable bonds is 16. The number of aromatic nitrogens is 1. The van der Waals surface area contributed by atoms with Gasteiger partial charge in [0.2, 0.25) is 11.8 Å². The maximum absolute atomic E-state index is 12.3. The van der Waals surface area contributed by atoms with Gasteiger partial charge in [-0.2, -0.15) is 4.98 Å². The molecule has 4 aromatic rings. The van der Waals surface area contributed by atoms with Crippen molar-refractivity contribution >= 4 is 12.0 Å². The molecule has 0 radical (unpaired) electrons. The first kappa shape index (κ1) is 33.8. The molecule has 4 rings (SSSR count). The minimum absolute atomic E-state index is 0.0833. The summed E-state index contributed by atoms with van der Waals surface area (Å²) in [5.41, 5.74) is 3.27. The molecule has 0 saturated carbocycles. The largest absolute Gasteiger partial charge is 0.484 e. The second-order valence-corrected chi connectivity index (χ2v) is 11.7. The topological polar surface area (TPSA) is 108 Å². The van der Waals surface area contributed by atoms with E-state index in [2.05, 4.69) is 15.6 Å². The van der Waals surface area contributed by atoms with E-state index in [4.69, 9.17) is 18.9 Å².